The zero-order chi connectivity index (χ0) is 15.1. The van der Waals surface area contributed by atoms with Crippen molar-refractivity contribution in [1.82, 2.24) is 14.8 Å². The number of nitrogens with zero attached hydrogens (tertiary/aromatic N) is 3. The highest BCUT2D eigenvalue weighted by Gasteiger charge is 2.21. The van der Waals surface area contributed by atoms with Crippen LogP contribution in [0.3, 0.4) is 0 Å². The van der Waals surface area contributed by atoms with Gasteiger partial charge >= 0.3 is 0 Å². The lowest BCUT2D eigenvalue weighted by atomic mass is 10.1. The number of rotatable bonds is 1. The van der Waals surface area contributed by atoms with Gasteiger partial charge in [0.1, 0.15) is 5.03 Å². The smallest absolute Gasteiger partial charge is 0.267 e. The first-order chi connectivity index (χ1) is 10.7. The van der Waals surface area contributed by atoms with Crippen LogP contribution in [0, 0.1) is 6.92 Å². The van der Waals surface area contributed by atoms with Gasteiger partial charge in [0.15, 0.2) is 0 Å². The van der Waals surface area contributed by atoms with Crippen molar-refractivity contribution in [3.63, 3.8) is 0 Å². The standard InChI is InChI=1S/C17H13N3OS/c1-11-7-8-14-16-12(10-22-17(14)18-11)9-15(21)20(19-16)13-5-3-2-4-6-13/h2-9H,10H2,1H3. The van der Waals surface area contributed by atoms with Crippen molar-refractivity contribution < 1.29 is 0 Å². The lowest BCUT2D eigenvalue weighted by Gasteiger charge is -2.18. The Kier molecular flexibility index (Phi) is 3.08. The van der Waals surface area contributed by atoms with Crippen molar-refractivity contribution in [1.29, 1.82) is 0 Å². The second kappa shape index (κ2) is 5.10. The highest BCUT2D eigenvalue weighted by atomic mass is 32.2. The molecule has 0 bridgehead atoms. The van der Waals surface area contributed by atoms with E-state index in [0.717, 1.165) is 39.0 Å². The molecule has 0 atom stereocenters. The molecule has 5 heteroatoms. The number of aromatic nitrogens is 3. The first-order valence-electron chi connectivity index (χ1n) is 7.02. The lowest BCUT2D eigenvalue weighted by Crippen LogP contribution is -2.23. The fourth-order valence-electron chi connectivity index (χ4n) is 2.55. The van der Waals surface area contributed by atoms with E-state index in [9.17, 15) is 4.79 Å². The number of aryl methyl sites for hydroxylation is 1. The average molecular weight is 307 g/mol. The molecule has 3 aromatic rings. The summed E-state index contributed by atoms with van der Waals surface area (Å²) in [5.41, 5.74) is 4.49. The molecule has 22 heavy (non-hydrogen) atoms. The highest BCUT2D eigenvalue weighted by Crippen LogP contribution is 2.38. The van der Waals surface area contributed by atoms with Crippen LogP contribution in [0.25, 0.3) is 16.9 Å². The maximum Gasteiger partial charge on any atom is 0.271 e. The van der Waals surface area contributed by atoms with Crippen LogP contribution in [0.1, 0.15) is 11.3 Å². The van der Waals surface area contributed by atoms with E-state index in [4.69, 9.17) is 0 Å². The van der Waals surface area contributed by atoms with E-state index in [-0.39, 0.29) is 5.56 Å². The molecule has 108 valence electrons. The summed E-state index contributed by atoms with van der Waals surface area (Å²) in [6.45, 7) is 1.98. The summed E-state index contributed by atoms with van der Waals surface area (Å²) >= 11 is 1.66. The molecule has 3 heterocycles. The van der Waals surface area contributed by atoms with E-state index < -0.39 is 0 Å². The Balaban J connectivity index is 1.95. The lowest BCUT2D eigenvalue weighted by molar-refractivity contribution is 0.801. The van der Waals surface area contributed by atoms with Gasteiger partial charge in [-0.2, -0.15) is 9.78 Å². The minimum atomic E-state index is -0.103. The fraction of sp³-hybridized carbons (Fsp3) is 0.118. The quantitative estimate of drug-likeness (QED) is 0.692. The number of fused-ring (bicyclic) bond motifs is 3. The second-order valence-electron chi connectivity index (χ2n) is 5.20. The van der Waals surface area contributed by atoms with E-state index in [0.29, 0.717) is 0 Å². The van der Waals surface area contributed by atoms with Gasteiger partial charge in [-0.05, 0) is 36.8 Å². The SMILES string of the molecule is Cc1ccc2c(n1)SCc1cc(=O)n(-c3ccccc3)nc1-2. The van der Waals surface area contributed by atoms with Crippen LogP contribution in [-0.2, 0) is 5.75 Å². The molecule has 0 saturated carbocycles. The van der Waals surface area contributed by atoms with Gasteiger partial charge in [0.05, 0.1) is 11.4 Å². The number of pyridine rings is 1. The van der Waals surface area contributed by atoms with Gasteiger partial charge in [-0.15, -0.1) is 11.8 Å². The molecule has 1 aliphatic rings. The zero-order valence-corrected chi connectivity index (χ0v) is 12.8. The third-order valence-electron chi connectivity index (χ3n) is 3.63. The monoisotopic (exact) mass is 307 g/mol. The molecule has 0 unspecified atom stereocenters. The molecular formula is C17H13N3OS. The van der Waals surface area contributed by atoms with Crippen LogP contribution in [0.2, 0.25) is 0 Å². The van der Waals surface area contributed by atoms with E-state index in [1.807, 2.05) is 49.4 Å². The Morgan fingerprint density at radius 1 is 1.14 bits per heavy atom. The van der Waals surface area contributed by atoms with Crippen molar-refractivity contribution in [2.24, 2.45) is 0 Å². The number of hydrogen-bond acceptors (Lipinski definition) is 4. The van der Waals surface area contributed by atoms with Crippen LogP contribution in [0.15, 0.2) is 58.4 Å². The molecule has 0 spiro atoms. The minimum absolute atomic E-state index is 0.103. The van der Waals surface area contributed by atoms with Gasteiger partial charge in [0, 0.05) is 23.1 Å². The number of hydrogen-bond donors (Lipinski definition) is 0. The first kappa shape index (κ1) is 13.3. The molecule has 0 radical (unpaired) electrons. The van der Waals surface area contributed by atoms with E-state index in [1.165, 1.54) is 4.68 Å². The van der Waals surface area contributed by atoms with Crippen LogP contribution in [-0.4, -0.2) is 14.8 Å². The minimum Gasteiger partial charge on any atom is -0.267 e. The van der Waals surface area contributed by atoms with Gasteiger partial charge < -0.3 is 0 Å². The molecule has 0 fully saturated rings. The van der Waals surface area contributed by atoms with Crippen LogP contribution < -0.4 is 5.56 Å². The van der Waals surface area contributed by atoms with Crippen LogP contribution in [0.4, 0.5) is 0 Å². The normalized spacial score (nSPS) is 12.6. The Labute approximate surface area is 131 Å². The molecule has 4 rings (SSSR count). The molecule has 1 aromatic carbocycles. The summed E-state index contributed by atoms with van der Waals surface area (Å²) in [6.07, 6.45) is 0. The van der Waals surface area contributed by atoms with Crippen molar-refractivity contribution >= 4 is 11.8 Å². The zero-order valence-electron chi connectivity index (χ0n) is 12.0. The van der Waals surface area contributed by atoms with Crippen molar-refractivity contribution in [2.45, 2.75) is 17.7 Å². The fourth-order valence-corrected chi connectivity index (χ4v) is 3.59. The molecule has 4 nitrogen and oxygen atoms in total. The predicted octanol–water partition coefficient (Wildman–Crippen LogP) is 3.21. The molecular weight excluding hydrogens is 294 g/mol. The summed E-state index contributed by atoms with van der Waals surface area (Å²) in [4.78, 5) is 16.9. The summed E-state index contributed by atoms with van der Waals surface area (Å²) in [7, 11) is 0. The maximum atomic E-state index is 12.3. The predicted molar refractivity (Wildman–Crippen MR) is 87.4 cm³/mol. The molecule has 0 N–H and O–H groups in total. The molecule has 2 aromatic heterocycles. The number of thioether (sulfide) groups is 1. The first-order valence-corrected chi connectivity index (χ1v) is 8.00. The Bertz CT molecular complexity index is 919. The van der Waals surface area contributed by atoms with E-state index in [1.54, 1.807) is 17.8 Å². The van der Waals surface area contributed by atoms with E-state index >= 15 is 0 Å². The number of benzene rings is 1. The van der Waals surface area contributed by atoms with Gasteiger partial charge in [-0.25, -0.2) is 4.98 Å². The molecule has 0 saturated heterocycles. The maximum absolute atomic E-state index is 12.3. The third-order valence-corrected chi connectivity index (χ3v) is 4.67. The molecule has 1 aliphatic heterocycles. The summed E-state index contributed by atoms with van der Waals surface area (Å²) < 4.78 is 1.46. The topological polar surface area (TPSA) is 47.8 Å². The second-order valence-corrected chi connectivity index (χ2v) is 6.16. The van der Waals surface area contributed by atoms with Crippen LogP contribution >= 0.6 is 11.8 Å². The summed E-state index contributed by atoms with van der Waals surface area (Å²) in [5.74, 6) is 0.733. The van der Waals surface area contributed by atoms with Crippen LogP contribution in [0.5, 0.6) is 0 Å². The van der Waals surface area contributed by atoms with E-state index in [2.05, 4.69) is 10.1 Å². The van der Waals surface area contributed by atoms with Crippen molar-refractivity contribution in [3.8, 4) is 16.9 Å². The Morgan fingerprint density at radius 3 is 2.77 bits per heavy atom. The largest absolute Gasteiger partial charge is 0.271 e. The van der Waals surface area contributed by atoms with Crippen molar-refractivity contribution in [3.05, 3.63) is 70.1 Å². The summed E-state index contributed by atoms with van der Waals surface area (Å²) in [6, 6.07) is 15.2. The third kappa shape index (κ3) is 2.14. The summed E-state index contributed by atoms with van der Waals surface area (Å²) in [5, 5.41) is 5.59. The van der Waals surface area contributed by atoms with Crippen molar-refractivity contribution in [2.75, 3.05) is 0 Å². The van der Waals surface area contributed by atoms with Gasteiger partial charge in [-0.3, -0.25) is 4.79 Å². The number of para-hydroxylation sites is 1. The van der Waals surface area contributed by atoms with Gasteiger partial charge in [0.2, 0.25) is 0 Å². The molecule has 0 aliphatic carbocycles. The Morgan fingerprint density at radius 2 is 1.95 bits per heavy atom. The van der Waals surface area contributed by atoms with Gasteiger partial charge in [-0.1, -0.05) is 18.2 Å². The molecule has 0 amide bonds. The Hall–Kier alpha value is -2.40. The highest BCUT2D eigenvalue weighted by molar-refractivity contribution is 7.98. The van der Waals surface area contributed by atoms with Gasteiger partial charge in [0.25, 0.3) is 5.56 Å². The average Bonchev–Trinajstić information content (AvgIpc) is 2.54.